The molecule has 2 heterocycles. The zero-order valence-corrected chi connectivity index (χ0v) is 18.8. The third kappa shape index (κ3) is 5.09. The van der Waals surface area contributed by atoms with E-state index in [1.165, 1.54) is 23.9 Å². The molecule has 4 rings (SSSR count). The van der Waals surface area contributed by atoms with Crippen molar-refractivity contribution in [2.24, 2.45) is 0 Å². The molecular weight excluding hydrogens is 507 g/mol. The second-order valence-corrected chi connectivity index (χ2v) is 8.47. The quantitative estimate of drug-likeness (QED) is 0.280. The van der Waals surface area contributed by atoms with Gasteiger partial charge in [-0.15, -0.1) is 5.10 Å². The van der Waals surface area contributed by atoms with E-state index in [9.17, 15) is 9.18 Å². The van der Waals surface area contributed by atoms with Crippen molar-refractivity contribution in [2.45, 2.75) is 10.9 Å². The van der Waals surface area contributed by atoms with Crippen molar-refractivity contribution >= 4 is 50.9 Å². The van der Waals surface area contributed by atoms with Gasteiger partial charge in [0.15, 0.2) is 10.9 Å². The van der Waals surface area contributed by atoms with E-state index in [1.807, 2.05) is 0 Å². The Morgan fingerprint density at radius 3 is 2.61 bits per heavy atom. The van der Waals surface area contributed by atoms with E-state index in [1.54, 1.807) is 53.5 Å². The van der Waals surface area contributed by atoms with Gasteiger partial charge < -0.3 is 5.32 Å². The largest absolute Gasteiger partial charge is 0.318 e. The normalized spacial score (nSPS) is 10.8. The molecular formula is C20H13BrClFN6OS. The number of nitrogens with zero attached hydrogens (tertiary/aromatic N) is 5. The Kier molecular flexibility index (Phi) is 6.59. The maximum atomic E-state index is 14.2. The number of nitrogens with one attached hydrogen (secondary N) is 1. The third-order valence-corrected chi connectivity index (χ3v) is 5.74. The average Bonchev–Trinajstić information content (AvgIpc) is 3.19. The summed E-state index contributed by atoms with van der Waals surface area (Å²) in [5, 5.41) is 11.9. The van der Waals surface area contributed by atoms with Crippen molar-refractivity contribution in [2.75, 3.05) is 5.32 Å². The highest BCUT2D eigenvalue weighted by molar-refractivity contribution is 9.10. The van der Waals surface area contributed by atoms with Crippen LogP contribution in [0.4, 0.5) is 10.1 Å². The summed E-state index contributed by atoms with van der Waals surface area (Å²) in [5.74, 6) is -0.835. The second kappa shape index (κ2) is 9.54. The van der Waals surface area contributed by atoms with Crippen LogP contribution in [-0.2, 0) is 5.75 Å². The molecule has 0 aliphatic carbocycles. The minimum absolute atomic E-state index is 0.0410. The van der Waals surface area contributed by atoms with E-state index in [-0.39, 0.29) is 11.4 Å². The first-order valence-corrected chi connectivity index (χ1v) is 11.0. The van der Waals surface area contributed by atoms with Crippen LogP contribution in [0.1, 0.15) is 16.2 Å². The highest BCUT2D eigenvalue weighted by Gasteiger charge is 2.22. The Hall–Kier alpha value is -2.82. The summed E-state index contributed by atoms with van der Waals surface area (Å²) in [5.41, 5.74) is 1.30. The van der Waals surface area contributed by atoms with Crippen molar-refractivity contribution < 1.29 is 9.18 Å². The Labute approximate surface area is 194 Å². The number of amides is 1. The molecule has 2 aromatic heterocycles. The monoisotopic (exact) mass is 518 g/mol. The number of hydrogen-bond donors (Lipinski definition) is 1. The molecule has 11 heteroatoms. The van der Waals surface area contributed by atoms with E-state index in [0.29, 0.717) is 31.8 Å². The standard InChI is InChI=1S/C20H13BrClFN6OS/c21-12-2-7-16(15(23)10-12)26-19(30)18-17(11-31-20-24-8-1-9-25-20)29(28-27-18)14-5-3-13(22)4-6-14/h1-10H,11H2,(H,26,30). The van der Waals surface area contributed by atoms with Crippen LogP contribution in [0.25, 0.3) is 5.69 Å². The van der Waals surface area contributed by atoms with Crippen LogP contribution >= 0.6 is 39.3 Å². The molecule has 0 aliphatic heterocycles. The molecule has 0 saturated carbocycles. The fraction of sp³-hybridized carbons (Fsp3) is 0.0500. The predicted molar refractivity (Wildman–Crippen MR) is 120 cm³/mol. The van der Waals surface area contributed by atoms with Gasteiger partial charge in [0, 0.05) is 27.6 Å². The van der Waals surface area contributed by atoms with E-state index in [4.69, 9.17) is 11.6 Å². The van der Waals surface area contributed by atoms with Gasteiger partial charge in [0.05, 0.1) is 17.1 Å². The summed E-state index contributed by atoms with van der Waals surface area (Å²) in [6.45, 7) is 0. The maximum absolute atomic E-state index is 14.2. The van der Waals surface area contributed by atoms with Crippen LogP contribution in [0.3, 0.4) is 0 Å². The highest BCUT2D eigenvalue weighted by atomic mass is 79.9. The van der Waals surface area contributed by atoms with Gasteiger partial charge in [-0.1, -0.05) is 44.5 Å². The van der Waals surface area contributed by atoms with Gasteiger partial charge in [-0.25, -0.2) is 19.0 Å². The molecule has 0 spiro atoms. The van der Waals surface area contributed by atoms with E-state index in [2.05, 4.69) is 41.5 Å². The summed E-state index contributed by atoms with van der Waals surface area (Å²) >= 11 is 10.5. The molecule has 1 N–H and O–H groups in total. The summed E-state index contributed by atoms with van der Waals surface area (Å²) in [6.07, 6.45) is 3.27. The third-order valence-electron chi connectivity index (χ3n) is 4.11. The lowest BCUT2D eigenvalue weighted by Crippen LogP contribution is -2.16. The minimum atomic E-state index is -0.578. The van der Waals surface area contributed by atoms with Gasteiger partial charge in [-0.2, -0.15) is 0 Å². The Morgan fingerprint density at radius 1 is 1.16 bits per heavy atom. The van der Waals surface area contributed by atoms with Crippen LogP contribution in [0, 0.1) is 5.82 Å². The van der Waals surface area contributed by atoms with Crippen LogP contribution in [0.5, 0.6) is 0 Å². The highest BCUT2D eigenvalue weighted by Crippen LogP contribution is 2.25. The molecule has 31 heavy (non-hydrogen) atoms. The summed E-state index contributed by atoms with van der Waals surface area (Å²) < 4.78 is 16.3. The van der Waals surface area contributed by atoms with Gasteiger partial charge in [-0.3, -0.25) is 4.79 Å². The average molecular weight is 520 g/mol. The van der Waals surface area contributed by atoms with Gasteiger partial charge in [0.1, 0.15) is 5.82 Å². The van der Waals surface area contributed by atoms with Gasteiger partial charge in [0.25, 0.3) is 5.91 Å². The van der Waals surface area contributed by atoms with Crippen molar-refractivity contribution in [1.82, 2.24) is 25.0 Å². The SMILES string of the molecule is O=C(Nc1ccc(Br)cc1F)c1nnn(-c2ccc(Cl)cc2)c1CSc1ncccn1. The Bertz CT molecular complexity index is 1220. The Balaban J connectivity index is 1.67. The van der Waals surface area contributed by atoms with Crippen LogP contribution in [0.15, 0.2) is 70.6 Å². The van der Waals surface area contributed by atoms with Gasteiger partial charge in [0.2, 0.25) is 0 Å². The molecule has 0 radical (unpaired) electrons. The molecule has 156 valence electrons. The number of benzene rings is 2. The van der Waals surface area contributed by atoms with Crippen molar-refractivity contribution in [1.29, 1.82) is 0 Å². The number of carbonyl (C=O) groups is 1. The zero-order valence-electron chi connectivity index (χ0n) is 15.7. The van der Waals surface area contributed by atoms with Crippen LogP contribution in [-0.4, -0.2) is 30.9 Å². The lowest BCUT2D eigenvalue weighted by atomic mass is 10.2. The summed E-state index contributed by atoms with van der Waals surface area (Å²) in [6, 6.07) is 13.0. The van der Waals surface area contributed by atoms with Crippen LogP contribution in [0.2, 0.25) is 5.02 Å². The number of thioether (sulfide) groups is 1. The van der Waals surface area contributed by atoms with Crippen LogP contribution < -0.4 is 5.32 Å². The first-order valence-electron chi connectivity index (χ1n) is 8.88. The smallest absolute Gasteiger partial charge is 0.278 e. The fourth-order valence-electron chi connectivity index (χ4n) is 2.66. The van der Waals surface area contributed by atoms with E-state index >= 15 is 0 Å². The molecule has 1 amide bonds. The molecule has 7 nitrogen and oxygen atoms in total. The zero-order chi connectivity index (χ0) is 21.8. The number of anilines is 1. The predicted octanol–water partition coefficient (Wildman–Crippen LogP) is 5.16. The number of rotatable bonds is 6. The summed E-state index contributed by atoms with van der Waals surface area (Å²) in [7, 11) is 0. The molecule has 0 bridgehead atoms. The molecule has 0 unspecified atom stereocenters. The molecule has 0 aliphatic rings. The van der Waals surface area contributed by atoms with E-state index in [0.717, 1.165) is 0 Å². The minimum Gasteiger partial charge on any atom is -0.318 e. The van der Waals surface area contributed by atoms with Crippen molar-refractivity contribution in [3.05, 3.63) is 87.6 Å². The lowest BCUT2D eigenvalue weighted by Gasteiger charge is -2.09. The lowest BCUT2D eigenvalue weighted by molar-refractivity contribution is 0.102. The number of carbonyl (C=O) groups excluding carboxylic acids is 1. The fourth-order valence-corrected chi connectivity index (χ4v) is 3.92. The molecule has 4 aromatic rings. The van der Waals surface area contributed by atoms with Gasteiger partial charge >= 0.3 is 0 Å². The maximum Gasteiger partial charge on any atom is 0.278 e. The second-order valence-electron chi connectivity index (χ2n) is 6.17. The van der Waals surface area contributed by atoms with E-state index < -0.39 is 11.7 Å². The number of hydrogen-bond acceptors (Lipinski definition) is 6. The van der Waals surface area contributed by atoms with Crippen molar-refractivity contribution in [3.8, 4) is 5.69 Å². The molecule has 0 saturated heterocycles. The molecule has 2 aromatic carbocycles. The molecule has 0 fully saturated rings. The Morgan fingerprint density at radius 2 is 1.90 bits per heavy atom. The molecule has 0 atom stereocenters. The summed E-state index contributed by atoms with van der Waals surface area (Å²) in [4.78, 5) is 21.3. The van der Waals surface area contributed by atoms with Crippen molar-refractivity contribution in [3.63, 3.8) is 0 Å². The first kappa shape index (κ1) is 21.4. The topological polar surface area (TPSA) is 85.6 Å². The number of aromatic nitrogens is 5. The number of halogens is 3. The first-order chi connectivity index (χ1) is 15.0. The van der Waals surface area contributed by atoms with Gasteiger partial charge in [-0.05, 0) is 48.5 Å².